The summed E-state index contributed by atoms with van der Waals surface area (Å²) in [4.78, 5) is 24.4. The highest BCUT2D eigenvalue weighted by Crippen LogP contribution is 2.30. The van der Waals surface area contributed by atoms with Crippen LogP contribution >= 0.6 is 0 Å². The summed E-state index contributed by atoms with van der Waals surface area (Å²) in [6.07, 6.45) is -3.84. The van der Waals surface area contributed by atoms with E-state index in [1.807, 2.05) is 0 Å². The average Bonchev–Trinajstić information content (AvgIpc) is 3.01. The van der Waals surface area contributed by atoms with Crippen LogP contribution in [0.4, 0.5) is 18.0 Å². The lowest BCUT2D eigenvalue weighted by Crippen LogP contribution is -2.41. The van der Waals surface area contributed by atoms with Crippen molar-refractivity contribution in [3.63, 3.8) is 0 Å². The number of likely N-dealkylation sites (tertiary alicyclic amines) is 1. The maximum atomic E-state index is 12.4. The van der Waals surface area contributed by atoms with Crippen LogP contribution in [0.25, 0.3) is 0 Å². The van der Waals surface area contributed by atoms with Gasteiger partial charge in [0.05, 0.1) is 18.0 Å². The van der Waals surface area contributed by atoms with Crippen LogP contribution in [-0.2, 0) is 11.0 Å². The molecule has 0 spiro atoms. The number of hydrogen-bond donors (Lipinski definition) is 2. The fraction of sp³-hybridized carbons (Fsp3) is 0.467. The van der Waals surface area contributed by atoms with Gasteiger partial charge in [0, 0.05) is 13.1 Å². The fourth-order valence-electron chi connectivity index (χ4n) is 2.36. The first-order valence-electron chi connectivity index (χ1n) is 7.39. The quantitative estimate of drug-likeness (QED) is 0.795. The van der Waals surface area contributed by atoms with Gasteiger partial charge in [0.15, 0.2) is 0 Å². The first-order chi connectivity index (χ1) is 11.3. The Labute approximate surface area is 136 Å². The summed E-state index contributed by atoms with van der Waals surface area (Å²) in [5.74, 6) is -0.456. The molecule has 3 N–H and O–H groups in total. The molecule has 0 unspecified atom stereocenters. The molecule has 2 rings (SSSR count). The number of amides is 3. The van der Waals surface area contributed by atoms with Gasteiger partial charge in [-0.2, -0.15) is 13.2 Å². The Kier molecular flexibility index (Phi) is 5.53. The van der Waals surface area contributed by atoms with Crippen molar-refractivity contribution in [1.29, 1.82) is 0 Å². The normalized spacial score (nSPS) is 17.6. The maximum Gasteiger partial charge on any atom is 0.416 e. The number of ether oxygens (including phenoxy) is 1. The van der Waals surface area contributed by atoms with E-state index in [4.69, 9.17) is 10.5 Å². The highest BCUT2D eigenvalue weighted by molar-refractivity contribution is 5.80. The van der Waals surface area contributed by atoms with Gasteiger partial charge in [0.2, 0.25) is 5.91 Å². The number of carbonyl (C=O) groups excluding carboxylic acids is 2. The van der Waals surface area contributed by atoms with Gasteiger partial charge < -0.3 is 20.7 Å². The smallest absolute Gasteiger partial charge is 0.416 e. The molecule has 0 aromatic heterocycles. The highest BCUT2D eigenvalue weighted by Gasteiger charge is 2.30. The summed E-state index contributed by atoms with van der Waals surface area (Å²) in [5.41, 5.74) is 4.45. The van der Waals surface area contributed by atoms with E-state index in [0.717, 1.165) is 12.1 Å². The zero-order chi connectivity index (χ0) is 17.7. The number of halogens is 3. The van der Waals surface area contributed by atoms with Crippen LogP contribution in [0.15, 0.2) is 24.3 Å². The molecule has 1 aromatic rings. The van der Waals surface area contributed by atoms with E-state index in [1.165, 1.54) is 17.0 Å². The minimum absolute atomic E-state index is 0.115. The molecule has 1 aliphatic heterocycles. The fourth-order valence-corrected chi connectivity index (χ4v) is 2.36. The van der Waals surface area contributed by atoms with Gasteiger partial charge in [0.25, 0.3) is 0 Å². The Hall–Kier alpha value is -2.45. The molecule has 9 heteroatoms. The Bertz CT molecular complexity index is 590. The van der Waals surface area contributed by atoms with Crippen LogP contribution in [0, 0.1) is 5.92 Å². The maximum absolute atomic E-state index is 12.4. The molecular weight excluding hydrogens is 327 g/mol. The van der Waals surface area contributed by atoms with E-state index in [1.54, 1.807) is 0 Å². The molecule has 1 saturated heterocycles. The first kappa shape index (κ1) is 17.9. The summed E-state index contributed by atoms with van der Waals surface area (Å²) in [7, 11) is 0. The molecular formula is C15H18F3N3O3. The van der Waals surface area contributed by atoms with Crippen molar-refractivity contribution in [2.75, 3.05) is 26.2 Å². The second-order valence-electron chi connectivity index (χ2n) is 5.44. The van der Waals surface area contributed by atoms with Gasteiger partial charge in [-0.05, 0) is 30.7 Å². The molecule has 3 amide bonds. The number of nitrogens with zero attached hydrogens (tertiary/aromatic N) is 1. The van der Waals surface area contributed by atoms with Crippen molar-refractivity contribution >= 4 is 11.9 Å². The van der Waals surface area contributed by atoms with E-state index in [9.17, 15) is 22.8 Å². The average molecular weight is 345 g/mol. The van der Waals surface area contributed by atoms with Crippen LogP contribution in [0.2, 0.25) is 0 Å². The van der Waals surface area contributed by atoms with Gasteiger partial charge in [-0.1, -0.05) is 0 Å². The summed E-state index contributed by atoms with van der Waals surface area (Å²) in [5, 5.41) is 2.62. The summed E-state index contributed by atoms with van der Waals surface area (Å²) >= 11 is 0. The largest absolute Gasteiger partial charge is 0.492 e. The predicted octanol–water partition coefficient (Wildman–Crippen LogP) is 1.60. The van der Waals surface area contributed by atoms with E-state index < -0.39 is 17.6 Å². The van der Waals surface area contributed by atoms with E-state index in [2.05, 4.69) is 5.32 Å². The lowest BCUT2D eigenvalue weighted by molar-refractivity contribution is -0.137. The van der Waals surface area contributed by atoms with E-state index in [0.29, 0.717) is 19.5 Å². The number of primary amides is 1. The number of benzene rings is 1. The van der Waals surface area contributed by atoms with Crippen LogP contribution in [0.5, 0.6) is 5.75 Å². The van der Waals surface area contributed by atoms with Crippen molar-refractivity contribution < 1.29 is 27.5 Å². The molecule has 1 atom stereocenters. The van der Waals surface area contributed by atoms with Crippen molar-refractivity contribution in [3.05, 3.63) is 29.8 Å². The van der Waals surface area contributed by atoms with Gasteiger partial charge in [-0.15, -0.1) is 0 Å². The van der Waals surface area contributed by atoms with Gasteiger partial charge in [0.1, 0.15) is 12.4 Å². The molecule has 0 saturated carbocycles. The van der Waals surface area contributed by atoms with Crippen LogP contribution < -0.4 is 15.8 Å². The van der Waals surface area contributed by atoms with Crippen LogP contribution in [0.1, 0.15) is 12.0 Å². The van der Waals surface area contributed by atoms with Crippen LogP contribution in [0.3, 0.4) is 0 Å². The molecule has 132 valence electrons. The Morgan fingerprint density at radius 1 is 1.29 bits per heavy atom. The first-order valence-corrected chi connectivity index (χ1v) is 7.39. The zero-order valence-electron chi connectivity index (χ0n) is 12.8. The summed E-state index contributed by atoms with van der Waals surface area (Å²) in [6, 6.07) is 3.99. The Morgan fingerprint density at radius 3 is 2.50 bits per heavy atom. The second-order valence-corrected chi connectivity index (χ2v) is 5.44. The molecule has 1 heterocycles. The minimum atomic E-state index is -4.38. The number of nitrogens with two attached hydrogens (primary N) is 1. The number of carbonyl (C=O) groups is 2. The SMILES string of the molecule is NC(=O)[C@H]1CCN(C(=O)NCCOc2ccc(C(F)(F)F)cc2)C1. The monoisotopic (exact) mass is 345 g/mol. The molecule has 0 bridgehead atoms. The molecule has 6 nitrogen and oxygen atoms in total. The van der Waals surface area contributed by atoms with Crippen molar-refractivity contribution in [2.24, 2.45) is 11.7 Å². The third-order valence-corrected chi connectivity index (χ3v) is 3.71. The van der Waals surface area contributed by atoms with E-state index in [-0.39, 0.29) is 30.9 Å². The number of urea groups is 1. The number of hydrogen-bond acceptors (Lipinski definition) is 3. The number of nitrogens with one attached hydrogen (secondary N) is 1. The minimum Gasteiger partial charge on any atom is -0.492 e. The lowest BCUT2D eigenvalue weighted by Gasteiger charge is -2.17. The second kappa shape index (κ2) is 7.41. The highest BCUT2D eigenvalue weighted by atomic mass is 19.4. The summed E-state index contributed by atoms with van der Waals surface area (Å²) in [6.45, 7) is 1.06. The van der Waals surface area contributed by atoms with Crippen LogP contribution in [-0.4, -0.2) is 43.1 Å². The van der Waals surface area contributed by atoms with Crippen molar-refractivity contribution in [1.82, 2.24) is 10.2 Å². The topological polar surface area (TPSA) is 84.7 Å². The zero-order valence-corrected chi connectivity index (χ0v) is 12.8. The van der Waals surface area contributed by atoms with Gasteiger partial charge in [-0.25, -0.2) is 4.79 Å². The Morgan fingerprint density at radius 2 is 1.96 bits per heavy atom. The van der Waals surface area contributed by atoms with E-state index >= 15 is 0 Å². The van der Waals surface area contributed by atoms with Gasteiger partial charge in [-0.3, -0.25) is 4.79 Å². The molecule has 1 fully saturated rings. The molecule has 0 aliphatic carbocycles. The van der Waals surface area contributed by atoms with Crippen molar-refractivity contribution in [3.8, 4) is 5.75 Å². The number of alkyl halides is 3. The van der Waals surface area contributed by atoms with Crippen molar-refractivity contribution in [2.45, 2.75) is 12.6 Å². The molecule has 1 aromatic carbocycles. The molecule has 24 heavy (non-hydrogen) atoms. The molecule has 1 aliphatic rings. The molecule has 0 radical (unpaired) electrons. The standard InChI is InChI=1S/C15H18F3N3O3/c16-15(17,18)11-1-3-12(4-2-11)24-8-6-20-14(23)21-7-5-10(9-21)13(19)22/h1-4,10H,5-9H2,(H2,19,22)(H,20,23)/t10-/m0/s1. The third-order valence-electron chi connectivity index (χ3n) is 3.71. The van der Waals surface area contributed by atoms with Gasteiger partial charge >= 0.3 is 12.2 Å². The number of rotatable bonds is 5. The third kappa shape index (κ3) is 4.77. The predicted molar refractivity (Wildman–Crippen MR) is 79.2 cm³/mol. The lowest BCUT2D eigenvalue weighted by atomic mass is 10.1. The summed E-state index contributed by atoms with van der Waals surface area (Å²) < 4.78 is 42.5. The Balaban J connectivity index is 1.69.